The number of morpholine rings is 1. The average molecular weight is 384 g/mol. The van der Waals surface area contributed by atoms with Gasteiger partial charge in [-0.05, 0) is 30.7 Å². The summed E-state index contributed by atoms with van der Waals surface area (Å²) in [5, 5.41) is 10.2. The lowest BCUT2D eigenvalue weighted by Gasteiger charge is -2.23. The molecule has 0 aliphatic carbocycles. The molecule has 0 atom stereocenters. The summed E-state index contributed by atoms with van der Waals surface area (Å²) in [4.78, 5) is 1.60. The molecule has 2 aromatic rings. The Balaban J connectivity index is 1.49. The standard InChI is InChI=1S/C17H23ClN4O2S/c1-13-11-14(3-4-15(13)18)24-12-16-19-20-17(21(16)2)25-10-7-22-5-8-23-9-6-22/h3-4,11H,5-10,12H2,1-2H3/p+1. The number of aryl methyl sites for hydroxylation is 1. The number of nitrogens with zero attached hydrogens (tertiary/aromatic N) is 3. The van der Waals surface area contributed by atoms with E-state index >= 15 is 0 Å². The van der Waals surface area contributed by atoms with E-state index in [0.717, 1.165) is 65.9 Å². The van der Waals surface area contributed by atoms with Gasteiger partial charge in [0.25, 0.3) is 0 Å². The normalized spacial score (nSPS) is 15.5. The van der Waals surface area contributed by atoms with Gasteiger partial charge < -0.3 is 18.9 Å². The van der Waals surface area contributed by atoms with Crippen LogP contribution in [0.25, 0.3) is 0 Å². The van der Waals surface area contributed by atoms with E-state index in [9.17, 15) is 0 Å². The molecule has 8 heteroatoms. The maximum absolute atomic E-state index is 6.04. The zero-order chi connectivity index (χ0) is 17.6. The van der Waals surface area contributed by atoms with Gasteiger partial charge >= 0.3 is 0 Å². The Morgan fingerprint density at radius 1 is 1.32 bits per heavy atom. The first-order valence-electron chi connectivity index (χ1n) is 8.45. The van der Waals surface area contributed by atoms with Gasteiger partial charge in [0.1, 0.15) is 25.4 Å². The lowest BCUT2D eigenvalue weighted by Crippen LogP contribution is -3.14. The maximum atomic E-state index is 6.04. The molecular formula is C17H24ClN4O2S+. The molecule has 1 aromatic heterocycles. The lowest BCUT2D eigenvalue weighted by molar-refractivity contribution is -0.905. The van der Waals surface area contributed by atoms with Crippen molar-refractivity contribution in [2.24, 2.45) is 7.05 Å². The Kier molecular flexibility index (Phi) is 6.58. The molecule has 0 spiro atoms. The zero-order valence-corrected chi connectivity index (χ0v) is 16.2. The van der Waals surface area contributed by atoms with E-state index in [1.54, 1.807) is 16.7 Å². The second kappa shape index (κ2) is 8.89. The molecular weight excluding hydrogens is 360 g/mol. The van der Waals surface area contributed by atoms with E-state index in [2.05, 4.69) is 10.2 Å². The van der Waals surface area contributed by atoms with Crippen molar-refractivity contribution < 1.29 is 14.4 Å². The minimum Gasteiger partial charge on any atom is -0.486 e. The van der Waals surface area contributed by atoms with Crippen LogP contribution in [0, 0.1) is 6.92 Å². The van der Waals surface area contributed by atoms with E-state index < -0.39 is 0 Å². The fraction of sp³-hybridized carbons (Fsp3) is 0.529. The molecule has 0 radical (unpaired) electrons. The minimum absolute atomic E-state index is 0.389. The molecule has 1 aliphatic rings. The molecule has 1 saturated heterocycles. The number of aromatic nitrogens is 3. The van der Waals surface area contributed by atoms with Gasteiger partial charge in [-0.25, -0.2) is 0 Å². The molecule has 0 amide bonds. The van der Waals surface area contributed by atoms with Gasteiger partial charge in [0.15, 0.2) is 11.0 Å². The number of quaternary nitrogens is 1. The monoisotopic (exact) mass is 383 g/mol. The third-order valence-electron chi connectivity index (χ3n) is 4.31. The van der Waals surface area contributed by atoms with Gasteiger partial charge in [0, 0.05) is 12.1 Å². The van der Waals surface area contributed by atoms with Crippen LogP contribution in [0.2, 0.25) is 5.02 Å². The Hall–Kier alpha value is -1.28. The number of halogens is 1. The van der Waals surface area contributed by atoms with Gasteiger partial charge in [0.05, 0.1) is 25.5 Å². The maximum Gasteiger partial charge on any atom is 0.191 e. The third kappa shape index (κ3) is 5.10. The second-order valence-electron chi connectivity index (χ2n) is 6.12. The van der Waals surface area contributed by atoms with Crippen LogP contribution in [0.5, 0.6) is 5.75 Å². The summed E-state index contributed by atoms with van der Waals surface area (Å²) < 4.78 is 13.2. The molecule has 1 fully saturated rings. The van der Waals surface area contributed by atoms with Gasteiger partial charge in [-0.2, -0.15) is 0 Å². The summed E-state index contributed by atoms with van der Waals surface area (Å²) in [6, 6.07) is 5.64. The highest BCUT2D eigenvalue weighted by Gasteiger charge is 2.15. The zero-order valence-electron chi connectivity index (χ0n) is 14.6. The molecule has 25 heavy (non-hydrogen) atoms. The van der Waals surface area contributed by atoms with Crippen LogP contribution in [-0.2, 0) is 18.4 Å². The van der Waals surface area contributed by atoms with Gasteiger partial charge in [-0.1, -0.05) is 23.4 Å². The van der Waals surface area contributed by atoms with E-state index in [0.29, 0.717) is 6.61 Å². The fourth-order valence-corrected chi connectivity index (χ4v) is 3.74. The van der Waals surface area contributed by atoms with Crippen molar-refractivity contribution in [1.29, 1.82) is 0 Å². The smallest absolute Gasteiger partial charge is 0.191 e. The molecule has 0 bridgehead atoms. The van der Waals surface area contributed by atoms with Crippen LogP contribution >= 0.6 is 23.4 Å². The molecule has 136 valence electrons. The quantitative estimate of drug-likeness (QED) is 0.732. The largest absolute Gasteiger partial charge is 0.486 e. The lowest BCUT2D eigenvalue weighted by atomic mass is 10.2. The van der Waals surface area contributed by atoms with Crippen LogP contribution in [0.15, 0.2) is 23.4 Å². The predicted octanol–water partition coefficient (Wildman–Crippen LogP) is 1.36. The van der Waals surface area contributed by atoms with Gasteiger partial charge in [0.2, 0.25) is 0 Å². The van der Waals surface area contributed by atoms with E-state index in [-0.39, 0.29) is 0 Å². The number of hydrogen-bond donors (Lipinski definition) is 1. The molecule has 2 heterocycles. The van der Waals surface area contributed by atoms with Crippen molar-refractivity contribution >= 4 is 23.4 Å². The second-order valence-corrected chi connectivity index (χ2v) is 7.59. The third-order valence-corrected chi connectivity index (χ3v) is 5.76. The fourth-order valence-electron chi connectivity index (χ4n) is 2.65. The summed E-state index contributed by atoms with van der Waals surface area (Å²) >= 11 is 7.78. The van der Waals surface area contributed by atoms with Crippen molar-refractivity contribution in [3.8, 4) is 5.75 Å². The SMILES string of the molecule is Cc1cc(OCc2nnc(SCC[NH+]3CCOCC3)n2C)ccc1Cl. The first-order valence-corrected chi connectivity index (χ1v) is 9.81. The number of nitrogens with one attached hydrogen (secondary N) is 1. The Morgan fingerprint density at radius 3 is 2.88 bits per heavy atom. The highest BCUT2D eigenvalue weighted by molar-refractivity contribution is 7.99. The Bertz CT molecular complexity index is 704. The molecule has 3 rings (SSSR count). The first-order chi connectivity index (χ1) is 12.1. The number of rotatable bonds is 7. The summed E-state index contributed by atoms with van der Waals surface area (Å²) in [5.41, 5.74) is 0.999. The summed E-state index contributed by atoms with van der Waals surface area (Å²) in [5.74, 6) is 2.63. The summed E-state index contributed by atoms with van der Waals surface area (Å²) in [6.45, 7) is 7.41. The van der Waals surface area contributed by atoms with Crippen LogP contribution in [-0.4, -0.2) is 53.4 Å². The topological polar surface area (TPSA) is 53.6 Å². The molecule has 1 aliphatic heterocycles. The molecule has 1 aromatic carbocycles. The van der Waals surface area contributed by atoms with E-state index in [1.165, 1.54) is 0 Å². The first kappa shape index (κ1) is 18.5. The Morgan fingerprint density at radius 2 is 2.12 bits per heavy atom. The number of hydrogen-bond acceptors (Lipinski definition) is 5. The van der Waals surface area contributed by atoms with Crippen molar-refractivity contribution in [2.45, 2.75) is 18.7 Å². The van der Waals surface area contributed by atoms with E-state index in [1.807, 2.05) is 36.7 Å². The highest BCUT2D eigenvalue weighted by atomic mass is 35.5. The Labute approximate surface area is 157 Å². The molecule has 0 saturated carbocycles. The average Bonchev–Trinajstić information content (AvgIpc) is 2.97. The van der Waals surface area contributed by atoms with Crippen LogP contribution in [0.4, 0.5) is 0 Å². The van der Waals surface area contributed by atoms with Crippen molar-refractivity contribution in [3.05, 3.63) is 34.6 Å². The van der Waals surface area contributed by atoms with Gasteiger partial charge in [-0.15, -0.1) is 10.2 Å². The number of benzene rings is 1. The van der Waals surface area contributed by atoms with Crippen LogP contribution < -0.4 is 9.64 Å². The molecule has 6 nitrogen and oxygen atoms in total. The molecule has 1 N–H and O–H groups in total. The summed E-state index contributed by atoms with van der Waals surface area (Å²) in [6.07, 6.45) is 0. The predicted molar refractivity (Wildman–Crippen MR) is 98.6 cm³/mol. The summed E-state index contributed by atoms with van der Waals surface area (Å²) in [7, 11) is 1.98. The van der Waals surface area contributed by atoms with Crippen molar-refractivity contribution in [3.63, 3.8) is 0 Å². The van der Waals surface area contributed by atoms with E-state index in [4.69, 9.17) is 21.1 Å². The van der Waals surface area contributed by atoms with Crippen molar-refractivity contribution in [1.82, 2.24) is 14.8 Å². The van der Waals surface area contributed by atoms with Crippen LogP contribution in [0.1, 0.15) is 11.4 Å². The van der Waals surface area contributed by atoms with Crippen LogP contribution in [0.3, 0.4) is 0 Å². The minimum atomic E-state index is 0.389. The number of ether oxygens (including phenoxy) is 2. The van der Waals surface area contributed by atoms with Gasteiger partial charge in [-0.3, -0.25) is 0 Å². The molecule has 0 unspecified atom stereocenters. The number of thioether (sulfide) groups is 1. The highest BCUT2D eigenvalue weighted by Crippen LogP contribution is 2.22. The van der Waals surface area contributed by atoms with Crippen molar-refractivity contribution in [2.75, 3.05) is 38.6 Å².